The van der Waals surface area contributed by atoms with Gasteiger partial charge in [0.1, 0.15) is 11.9 Å². The first-order valence-corrected chi connectivity index (χ1v) is 6.87. The largest absolute Gasteiger partial charge is 0.485 e. The van der Waals surface area contributed by atoms with Crippen molar-refractivity contribution in [3.63, 3.8) is 0 Å². The second-order valence-corrected chi connectivity index (χ2v) is 4.73. The van der Waals surface area contributed by atoms with Crippen LogP contribution in [0.2, 0.25) is 0 Å². The van der Waals surface area contributed by atoms with E-state index in [4.69, 9.17) is 4.74 Å². The fourth-order valence-corrected chi connectivity index (χ4v) is 2.63. The van der Waals surface area contributed by atoms with E-state index in [1.807, 2.05) is 43.0 Å². The SMILES string of the molecule is C=CC1Oc2ccccc2C1CC(=O)N(CC)CC. The predicted octanol–water partition coefficient (Wildman–Crippen LogP) is 2.98. The number of carbonyl (C=O) groups excluding carboxylic acids is 1. The van der Waals surface area contributed by atoms with E-state index in [0.717, 1.165) is 24.4 Å². The Bertz CT molecular complexity index is 466. The van der Waals surface area contributed by atoms with E-state index in [1.54, 1.807) is 6.08 Å². The van der Waals surface area contributed by atoms with Gasteiger partial charge in [-0.3, -0.25) is 4.79 Å². The van der Waals surface area contributed by atoms with Crippen molar-refractivity contribution >= 4 is 5.91 Å². The van der Waals surface area contributed by atoms with Crippen molar-refractivity contribution < 1.29 is 9.53 Å². The van der Waals surface area contributed by atoms with Crippen molar-refractivity contribution in [3.05, 3.63) is 42.5 Å². The molecular formula is C16H21NO2. The van der Waals surface area contributed by atoms with Crippen LogP contribution in [0, 0.1) is 0 Å². The second-order valence-electron chi connectivity index (χ2n) is 4.73. The Morgan fingerprint density at radius 2 is 2.05 bits per heavy atom. The van der Waals surface area contributed by atoms with Crippen molar-refractivity contribution in [1.82, 2.24) is 4.90 Å². The molecule has 1 amide bonds. The Labute approximate surface area is 114 Å². The molecule has 2 unspecified atom stereocenters. The maximum atomic E-state index is 12.3. The Hall–Kier alpha value is -1.77. The normalized spacial score (nSPS) is 20.5. The zero-order valence-electron chi connectivity index (χ0n) is 11.6. The summed E-state index contributed by atoms with van der Waals surface area (Å²) < 4.78 is 5.83. The van der Waals surface area contributed by atoms with Crippen LogP contribution in [0.3, 0.4) is 0 Å². The summed E-state index contributed by atoms with van der Waals surface area (Å²) in [5.74, 6) is 1.15. The molecule has 1 aromatic rings. The van der Waals surface area contributed by atoms with Crippen LogP contribution in [-0.4, -0.2) is 30.0 Å². The molecule has 0 radical (unpaired) electrons. The number of amides is 1. The van der Waals surface area contributed by atoms with E-state index in [1.165, 1.54) is 0 Å². The highest BCUT2D eigenvalue weighted by Crippen LogP contribution is 2.40. The van der Waals surface area contributed by atoms with Gasteiger partial charge in [-0.15, -0.1) is 0 Å². The number of ether oxygens (including phenoxy) is 1. The quantitative estimate of drug-likeness (QED) is 0.761. The standard InChI is InChI=1S/C16H21NO2/c1-4-14-13(11-16(18)17(5-2)6-3)12-9-7-8-10-15(12)19-14/h4,7-10,13-14H,1,5-6,11H2,2-3H3. The van der Waals surface area contributed by atoms with Crippen molar-refractivity contribution in [2.45, 2.75) is 32.3 Å². The van der Waals surface area contributed by atoms with E-state index >= 15 is 0 Å². The van der Waals surface area contributed by atoms with Gasteiger partial charge in [0.2, 0.25) is 5.91 Å². The van der Waals surface area contributed by atoms with Gasteiger partial charge in [-0.2, -0.15) is 0 Å². The molecule has 19 heavy (non-hydrogen) atoms. The molecule has 0 N–H and O–H groups in total. The van der Waals surface area contributed by atoms with Gasteiger partial charge in [0.15, 0.2) is 0 Å². The molecule has 0 saturated heterocycles. The highest BCUT2D eigenvalue weighted by atomic mass is 16.5. The molecule has 0 aliphatic carbocycles. The van der Waals surface area contributed by atoms with E-state index in [0.29, 0.717) is 6.42 Å². The van der Waals surface area contributed by atoms with Gasteiger partial charge in [-0.1, -0.05) is 30.9 Å². The predicted molar refractivity (Wildman–Crippen MR) is 76.3 cm³/mol. The first-order valence-electron chi connectivity index (χ1n) is 6.87. The molecule has 102 valence electrons. The van der Waals surface area contributed by atoms with Gasteiger partial charge in [0.25, 0.3) is 0 Å². The van der Waals surface area contributed by atoms with E-state index < -0.39 is 0 Å². The highest BCUT2D eigenvalue weighted by molar-refractivity contribution is 5.77. The van der Waals surface area contributed by atoms with Crippen LogP contribution in [0.1, 0.15) is 31.7 Å². The van der Waals surface area contributed by atoms with E-state index in [9.17, 15) is 4.79 Å². The van der Waals surface area contributed by atoms with Crippen molar-refractivity contribution in [3.8, 4) is 5.75 Å². The monoisotopic (exact) mass is 259 g/mol. The summed E-state index contributed by atoms with van der Waals surface area (Å²) in [6.07, 6.45) is 2.17. The number of carbonyl (C=O) groups is 1. The number of benzene rings is 1. The number of rotatable bonds is 5. The molecule has 1 aliphatic heterocycles. The van der Waals surface area contributed by atoms with Gasteiger partial charge in [0, 0.05) is 31.0 Å². The minimum atomic E-state index is -0.100. The molecule has 3 heteroatoms. The minimum absolute atomic E-state index is 0.0850. The summed E-state index contributed by atoms with van der Waals surface area (Å²) >= 11 is 0. The summed E-state index contributed by atoms with van der Waals surface area (Å²) in [5.41, 5.74) is 1.12. The van der Waals surface area contributed by atoms with Crippen LogP contribution >= 0.6 is 0 Å². The second kappa shape index (κ2) is 5.91. The molecule has 1 aromatic carbocycles. The van der Waals surface area contributed by atoms with Gasteiger partial charge in [-0.05, 0) is 19.9 Å². The zero-order valence-corrected chi connectivity index (χ0v) is 11.6. The Morgan fingerprint density at radius 3 is 2.68 bits per heavy atom. The fourth-order valence-electron chi connectivity index (χ4n) is 2.63. The van der Waals surface area contributed by atoms with Crippen LogP contribution in [0.5, 0.6) is 5.75 Å². The molecule has 2 atom stereocenters. The molecule has 0 saturated carbocycles. The lowest BCUT2D eigenvalue weighted by Gasteiger charge is -2.22. The molecule has 0 aromatic heterocycles. The zero-order chi connectivity index (χ0) is 13.8. The van der Waals surface area contributed by atoms with Crippen LogP contribution in [0.4, 0.5) is 0 Å². The third kappa shape index (κ3) is 2.65. The molecule has 3 nitrogen and oxygen atoms in total. The third-order valence-electron chi connectivity index (χ3n) is 3.72. The molecule has 2 rings (SSSR count). The summed E-state index contributed by atoms with van der Waals surface area (Å²) in [5, 5.41) is 0. The average Bonchev–Trinajstić information content (AvgIpc) is 2.78. The smallest absolute Gasteiger partial charge is 0.223 e. The first kappa shape index (κ1) is 13.7. The molecule has 1 heterocycles. The van der Waals surface area contributed by atoms with Crippen molar-refractivity contribution in [2.75, 3.05) is 13.1 Å². The van der Waals surface area contributed by atoms with Crippen LogP contribution in [0.25, 0.3) is 0 Å². The van der Waals surface area contributed by atoms with Gasteiger partial charge >= 0.3 is 0 Å². The number of nitrogens with zero attached hydrogens (tertiary/aromatic N) is 1. The summed E-state index contributed by atoms with van der Waals surface area (Å²) in [6.45, 7) is 9.34. The average molecular weight is 259 g/mol. The Kier molecular flexibility index (Phi) is 4.25. The molecule has 0 spiro atoms. The van der Waals surface area contributed by atoms with Gasteiger partial charge in [0.05, 0.1) is 0 Å². The first-order chi connectivity index (χ1) is 9.21. The highest BCUT2D eigenvalue weighted by Gasteiger charge is 2.34. The van der Waals surface area contributed by atoms with Gasteiger partial charge < -0.3 is 9.64 Å². The molecule has 0 bridgehead atoms. The maximum Gasteiger partial charge on any atom is 0.223 e. The van der Waals surface area contributed by atoms with Crippen LogP contribution < -0.4 is 4.74 Å². The third-order valence-corrected chi connectivity index (χ3v) is 3.72. The van der Waals surface area contributed by atoms with Crippen LogP contribution in [-0.2, 0) is 4.79 Å². The summed E-state index contributed by atoms with van der Waals surface area (Å²) in [7, 11) is 0. The van der Waals surface area contributed by atoms with E-state index in [2.05, 4.69) is 6.58 Å². The lowest BCUT2D eigenvalue weighted by atomic mass is 9.91. The number of hydrogen-bond donors (Lipinski definition) is 0. The Balaban J connectivity index is 2.18. The number of hydrogen-bond acceptors (Lipinski definition) is 2. The Morgan fingerprint density at radius 1 is 1.37 bits per heavy atom. The van der Waals surface area contributed by atoms with Gasteiger partial charge in [-0.25, -0.2) is 0 Å². The van der Waals surface area contributed by atoms with E-state index in [-0.39, 0.29) is 17.9 Å². The topological polar surface area (TPSA) is 29.5 Å². The number of para-hydroxylation sites is 1. The van der Waals surface area contributed by atoms with Crippen molar-refractivity contribution in [2.24, 2.45) is 0 Å². The number of fused-ring (bicyclic) bond motifs is 1. The molecular weight excluding hydrogens is 238 g/mol. The summed E-state index contributed by atoms with van der Waals surface area (Å²) in [4.78, 5) is 14.1. The minimum Gasteiger partial charge on any atom is -0.485 e. The molecule has 1 aliphatic rings. The maximum absolute atomic E-state index is 12.3. The summed E-state index contributed by atoms with van der Waals surface area (Å²) in [6, 6.07) is 7.93. The fraction of sp³-hybridized carbons (Fsp3) is 0.438. The van der Waals surface area contributed by atoms with Crippen LogP contribution in [0.15, 0.2) is 36.9 Å². The molecule has 0 fully saturated rings. The lowest BCUT2D eigenvalue weighted by molar-refractivity contribution is -0.131. The lowest BCUT2D eigenvalue weighted by Crippen LogP contribution is -2.33. The van der Waals surface area contributed by atoms with Crippen molar-refractivity contribution in [1.29, 1.82) is 0 Å².